The summed E-state index contributed by atoms with van der Waals surface area (Å²) >= 11 is 0. The highest BCUT2D eigenvalue weighted by molar-refractivity contribution is 6.37. The molecule has 1 aromatic carbocycles. The highest BCUT2D eigenvalue weighted by atomic mass is 16.9. The Bertz CT molecular complexity index is 639. The molecule has 1 aromatic rings. The minimum Gasteiger partial charge on any atom is -0.497 e. The highest BCUT2D eigenvalue weighted by Crippen LogP contribution is 2.40. The van der Waals surface area contributed by atoms with E-state index in [1.807, 2.05) is 6.92 Å². The van der Waals surface area contributed by atoms with Crippen LogP contribution < -0.4 is 4.74 Å². The summed E-state index contributed by atoms with van der Waals surface area (Å²) in [5.41, 5.74) is -1.03. The molecule has 0 spiro atoms. The Morgan fingerprint density at radius 1 is 1.38 bits per heavy atom. The fourth-order valence-corrected chi connectivity index (χ4v) is 2.96. The van der Waals surface area contributed by atoms with E-state index in [4.69, 9.17) is 14.3 Å². The normalized spacial score (nSPS) is 22.9. The van der Waals surface area contributed by atoms with Gasteiger partial charge in [0.15, 0.2) is 5.60 Å². The minimum atomic E-state index is -1.42. The van der Waals surface area contributed by atoms with Crippen LogP contribution in [-0.2, 0) is 19.2 Å². The molecule has 0 N–H and O–H groups in total. The third-order valence-corrected chi connectivity index (χ3v) is 3.99. The van der Waals surface area contributed by atoms with E-state index < -0.39 is 17.5 Å². The average molecular weight is 335 g/mol. The summed E-state index contributed by atoms with van der Waals surface area (Å²) in [6.45, 7) is 3.63. The highest BCUT2D eigenvalue weighted by Gasteiger charge is 2.55. The van der Waals surface area contributed by atoms with E-state index in [1.165, 1.54) is 7.11 Å². The molecule has 0 fully saturated rings. The van der Waals surface area contributed by atoms with Crippen molar-refractivity contribution in [3.05, 3.63) is 35.0 Å². The second-order valence-corrected chi connectivity index (χ2v) is 5.48. The number of ether oxygens (including phenoxy) is 2. The van der Waals surface area contributed by atoms with Crippen LogP contribution in [0.3, 0.4) is 0 Å². The van der Waals surface area contributed by atoms with Crippen LogP contribution in [0.4, 0.5) is 0 Å². The van der Waals surface area contributed by atoms with Crippen LogP contribution in [0.1, 0.15) is 38.2 Å². The molecule has 1 aliphatic rings. The molecule has 0 bridgehead atoms. The Morgan fingerprint density at radius 3 is 2.54 bits per heavy atom. The number of aldehydes is 1. The topological polar surface area (TPSA) is 87.9 Å². The quantitative estimate of drug-likeness (QED) is 0.430. The largest absolute Gasteiger partial charge is 0.497 e. The van der Waals surface area contributed by atoms with Gasteiger partial charge in [0.05, 0.1) is 18.6 Å². The lowest BCUT2D eigenvalue weighted by Crippen LogP contribution is -2.41. The van der Waals surface area contributed by atoms with Gasteiger partial charge in [-0.1, -0.05) is 25.5 Å². The number of benzene rings is 1. The second kappa shape index (κ2) is 7.33. The Kier molecular flexibility index (Phi) is 5.43. The standard InChI is InChI=1S/C17H21NO6/c1-4-10-17(11-19)14(12-6-8-13(22-3)9-7-12)15(18(21)24-17)16(20)23-5-2/h6-9,11,14H,4-5,10H2,1-3H3/t14-,17-/m0/s1. The van der Waals surface area contributed by atoms with Crippen LogP contribution in [0.2, 0.25) is 0 Å². The molecule has 2 atom stereocenters. The maximum Gasteiger partial charge on any atom is 0.405 e. The summed E-state index contributed by atoms with van der Waals surface area (Å²) in [6.07, 6.45) is 1.51. The van der Waals surface area contributed by atoms with Crippen LogP contribution in [0.15, 0.2) is 24.3 Å². The van der Waals surface area contributed by atoms with Gasteiger partial charge in [0.2, 0.25) is 0 Å². The van der Waals surface area contributed by atoms with Crippen molar-refractivity contribution in [1.29, 1.82) is 0 Å². The molecule has 0 radical (unpaired) electrons. The molecular formula is C17H21NO6. The third-order valence-electron chi connectivity index (χ3n) is 3.99. The first-order valence-electron chi connectivity index (χ1n) is 7.83. The first-order chi connectivity index (χ1) is 11.5. The van der Waals surface area contributed by atoms with Crippen molar-refractivity contribution >= 4 is 18.0 Å². The third kappa shape index (κ3) is 3.06. The molecule has 1 heterocycles. The first-order valence-corrected chi connectivity index (χ1v) is 7.83. The molecule has 0 aromatic heterocycles. The minimum absolute atomic E-state index is 0.118. The maximum absolute atomic E-state index is 12.2. The van der Waals surface area contributed by atoms with E-state index in [0.717, 1.165) is 0 Å². The summed E-state index contributed by atoms with van der Waals surface area (Å²) in [7, 11) is 1.54. The van der Waals surface area contributed by atoms with E-state index in [9.17, 15) is 14.8 Å². The van der Waals surface area contributed by atoms with E-state index in [-0.39, 0.29) is 17.2 Å². The van der Waals surface area contributed by atoms with Gasteiger partial charge in [-0.25, -0.2) is 4.79 Å². The molecule has 0 aliphatic carbocycles. The Morgan fingerprint density at radius 2 is 2.04 bits per heavy atom. The summed E-state index contributed by atoms with van der Waals surface area (Å²) in [5, 5.41) is 12.2. The summed E-state index contributed by atoms with van der Waals surface area (Å²) < 4.78 is 10.1. The number of carbonyl (C=O) groups is 2. The molecule has 130 valence electrons. The number of methoxy groups -OCH3 is 1. The number of rotatable bonds is 7. The average Bonchev–Trinajstić information content (AvgIpc) is 2.88. The molecule has 0 amide bonds. The number of esters is 1. The molecule has 7 nitrogen and oxygen atoms in total. The molecule has 1 aliphatic heterocycles. The van der Waals surface area contributed by atoms with Crippen molar-refractivity contribution in [1.82, 2.24) is 0 Å². The summed E-state index contributed by atoms with van der Waals surface area (Å²) in [5.74, 6) is -0.993. The van der Waals surface area contributed by atoms with Crippen molar-refractivity contribution in [2.24, 2.45) is 0 Å². The fraction of sp³-hybridized carbons (Fsp3) is 0.471. The van der Waals surface area contributed by atoms with Crippen LogP contribution in [0, 0.1) is 5.21 Å². The second-order valence-electron chi connectivity index (χ2n) is 5.48. The Hall–Kier alpha value is -2.57. The Balaban J connectivity index is 2.54. The Labute approximate surface area is 140 Å². The van der Waals surface area contributed by atoms with Crippen molar-refractivity contribution < 1.29 is 28.8 Å². The summed E-state index contributed by atoms with van der Waals surface area (Å²) in [4.78, 5) is 29.5. The molecule has 0 unspecified atom stereocenters. The van der Waals surface area contributed by atoms with Gasteiger partial charge in [0, 0.05) is 0 Å². The molecule has 2 rings (SSSR count). The van der Waals surface area contributed by atoms with Gasteiger partial charge in [-0.3, -0.25) is 5.21 Å². The number of hydrogen-bond donors (Lipinski definition) is 0. The van der Waals surface area contributed by atoms with Crippen LogP contribution in [0.5, 0.6) is 5.75 Å². The fourth-order valence-electron chi connectivity index (χ4n) is 2.96. The van der Waals surface area contributed by atoms with Crippen molar-refractivity contribution in [3.8, 4) is 5.75 Å². The van der Waals surface area contributed by atoms with Crippen LogP contribution >= 0.6 is 0 Å². The predicted octanol–water partition coefficient (Wildman–Crippen LogP) is 1.98. The van der Waals surface area contributed by atoms with E-state index in [0.29, 0.717) is 30.4 Å². The van der Waals surface area contributed by atoms with Gasteiger partial charge < -0.3 is 19.1 Å². The molecule has 0 saturated heterocycles. The van der Waals surface area contributed by atoms with Gasteiger partial charge in [-0.15, -0.1) is 0 Å². The SMILES string of the molecule is CCC[C@@]1(C=O)O[N+]([O-])=C(C(=O)OCC)[C@@H]1c1ccc(OC)cc1. The molecule has 7 heteroatoms. The van der Waals surface area contributed by atoms with Crippen molar-refractivity contribution in [2.45, 2.75) is 38.2 Å². The van der Waals surface area contributed by atoms with Gasteiger partial charge >= 0.3 is 11.7 Å². The van der Waals surface area contributed by atoms with E-state index in [2.05, 4.69) is 0 Å². The molecular weight excluding hydrogens is 314 g/mol. The first kappa shape index (κ1) is 17.8. The number of nitrogens with zero attached hydrogens (tertiary/aromatic N) is 1. The predicted molar refractivity (Wildman–Crippen MR) is 85.8 cm³/mol. The maximum atomic E-state index is 12.2. The van der Waals surface area contributed by atoms with Crippen molar-refractivity contribution in [3.63, 3.8) is 0 Å². The smallest absolute Gasteiger partial charge is 0.405 e. The monoisotopic (exact) mass is 335 g/mol. The number of carbonyl (C=O) groups excluding carboxylic acids is 2. The van der Waals surface area contributed by atoms with E-state index in [1.54, 1.807) is 31.2 Å². The molecule has 0 saturated carbocycles. The lowest BCUT2D eigenvalue weighted by atomic mass is 9.77. The van der Waals surface area contributed by atoms with Gasteiger partial charge in [0.25, 0.3) is 0 Å². The summed E-state index contributed by atoms with van der Waals surface area (Å²) in [6, 6.07) is 6.82. The van der Waals surface area contributed by atoms with E-state index >= 15 is 0 Å². The van der Waals surface area contributed by atoms with Gasteiger partial charge in [-0.05, 0) is 31.0 Å². The van der Waals surface area contributed by atoms with Crippen LogP contribution in [0.25, 0.3) is 0 Å². The zero-order valence-electron chi connectivity index (χ0n) is 14.0. The zero-order chi connectivity index (χ0) is 17.7. The van der Waals surface area contributed by atoms with Crippen LogP contribution in [-0.4, -0.2) is 42.2 Å². The number of hydrogen-bond acceptors (Lipinski definition) is 6. The lowest BCUT2D eigenvalue weighted by molar-refractivity contribution is -0.747. The zero-order valence-corrected chi connectivity index (χ0v) is 14.0. The van der Waals surface area contributed by atoms with Crippen molar-refractivity contribution in [2.75, 3.05) is 13.7 Å². The molecule has 24 heavy (non-hydrogen) atoms. The van der Waals surface area contributed by atoms with Gasteiger partial charge in [0.1, 0.15) is 18.0 Å². The van der Waals surface area contributed by atoms with Gasteiger partial charge in [-0.2, -0.15) is 0 Å². The lowest BCUT2D eigenvalue weighted by Gasteiger charge is -2.29.